The average molecular weight is 473 g/mol. The quantitative estimate of drug-likeness (QED) is 0.354. The van der Waals surface area contributed by atoms with E-state index in [1.54, 1.807) is 17.6 Å². The fourth-order valence-corrected chi connectivity index (χ4v) is 4.10. The number of terminal acetylenes is 1. The maximum absolute atomic E-state index is 12.5. The maximum Gasteiger partial charge on any atom is 0.404 e. The van der Waals surface area contributed by atoms with E-state index in [9.17, 15) is 9.59 Å². The lowest BCUT2D eigenvalue weighted by Crippen LogP contribution is -2.36. The van der Waals surface area contributed by atoms with Crippen molar-refractivity contribution in [2.45, 2.75) is 24.4 Å². The lowest BCUT2D eigenvalue weighted by Gasteiger charge is -2.18. The van der Waals surface area contributed by atoms with E-state index in [0.29, 0.717) is 16.5 Å². The number of nitrogens with two attached hydrogens (primary N) is 1. The van der Waals surface area contributed by atoms with Gasteiger partial charge in [-0.05, 0) is 17.6 Å². The number of hydrogen-bond donors (Lipinski definition) is 3. The molecule has 0 saturated heterocycles. The van der Waals surface area contributed by atoms with Gasteiger partial charge >= 0.3 is 12.1 Å². The minimum Gasteiger partial charge on any atom is -0.447 e. The summed E-state index contributed by atoms with van der Waals surface area (Å²) in [6.07, 6.45) is 7.69. The molecule has 0 radical (unpaired) electrons. The molecule has 1 aliphatic rings. The zero-order chi connectivity index (χ0) is 24.1. The number of urea groups is 1. The van der Waals surface area contributed by atoms with Crippen molar-refractivity contribution in [3.05, 3.63) is 75.7 Å². The number of aromatic nitrogens is 2. The Balaban J connectivity index is 1.54. The van der Waals surface area contributed by atoms with Crippen molar-refractivity contribution < 1.29 is 14.3 Å². The second-order valence-corrected chi connectivity index (χ2v) is 8.48. The molecule has 4 rings (SSSR count). The highest BCUT2D eigenvalue weighted by Crippen LogP contribution is 2.52. The van der Waals surface area contributed by atoms with E-state index < -0.39 is 23.7 Å². The Bertz CT molecular complexity index is 1300. The molecule has 1 atom stereocenters. The summed E-state index contributed by atoms with van der Waals surface area (Å²) in [7, 11) is 0. The standard InChI is InChI=1S/C24H20N6O3S/c1-3-21-29-20(14-34-21)30-23(32)28-19(13-33-22(25)31)18-9-8-15(12-27-18)16-6-4-5-7-17(16)24(26-2)10-11-24/h1,4-9,12,14,19H,10-11,13H2,(H2,25,31)(H2,28,30,32)/t19-/m1/s1. The fraction of sp³-hybridized carbons (Fsp3) is 0.208. The van der Waals surface area contributed by atoms with Gasteiger partial charge in [0.05, 0.1) is 5.69 Å². The predicted molar refractivity (Wildman–Crippen MR) is 128 cm³/mol. The van der Waals surface area contributed by atoms with Crippen LogP contribution in [0.1, 0.15) is 35.1 Å². The monoisotopic (exact) mass is 472 g/mol. The number of benzene rings is 1. The number of hydrogen-bond acceptors (Lipinski definition) is 6. The summed E-state index contributed by atoms with van der Waals surface area (Å²) in [6.45, 7) is 7.38. The molecule has 170 valence electrons. The summed E-state index contributed by atoms with van der Waals surface area (Å²) in [5, 5.41) is 7.34. The van der Waals surface area contributed by atoms with Gasteiger partial charge in [0, 0.05) is 35.5 Å². The van der Waals surface area contributed by atoms with Crippen molar-refractivity contribution in [2.75, 3.05) is 11.9 Å². The Morgan fingerprint density at radius 1 is 1.32 bits per heavy atom. The normalized spacial score (nSPS) is 14.2. The van der Waals surface area contributed by atoms with Gasteiger partial charge in [-0.2, -0.15) is 0 Å². The van der Waals surface area contributed by atoms with Crippen LogP contribution in [0.15, 0.2) is 48.0 Å². The molecule has 1 fully saturated rings. The fourth-order valence-electron chi connectivity index (χ4n) is 3.55. The van der Waals surface area contributed by atoms with Crippen molar-refractivity contribution in [3.63, 3.8) is 0 Å². The highest BCUT2D eigenvalue weighted by Gasteiger charge is 2.53. The summed E-state index contributed by atoms with van der Waals surface area (Å²) in [5.41, 5.74) is 7.89. The zero-order valence-electron chi connectivity index (χ0n) is 17.9. The summed E-state index contributed by atoms with van der Waals surface area (Å²) >= 11 is 1.22. The second-order valence-electron chi connectivity index (χ2n) is 7.62. The van der Waals surface area contributed by atoms with Gasteiger partial charge in [-0.1, -0.05) is 30.3 Å². The van der Waals surface area contributed by atoms with Crippen LogP contribution in [0.3, 0.4) is 0 Å². The first-order chi connectivity index (χ1) is 16.4. The first kappa shape index (κ1) is 22.8. The number of carbonyl (C=O) groups excluding carboxylic acids is 2. The number of anilines is 1. The van der Waals surface area contributed by atoms with Crippen LogP contribution in [0, 0.1) is 18.9 Å². The molecule has 34 heavy (non-hydrogen) atoms. The van der Waals surface area contributed by atoms with Crippen molar-refractivity contribution >= 4 is 29.3 Å². The van der Waals surface area contributed by atoms with Gasteiger partial charge in [-0.15, -0.1) is 17.8 Å². The number of amides is 3. The van der Waals surface area contributed by atoms with Gasteiger partial charge in [0.1, 0.15) is 18.5 Å². The van der Waals surface area contributed by atoms with E-state index >= 15 is 0 Å². The first-order valence-corrected chi connectivity index (χ1v) is 11.2. The molecule has 10 heteroatoms. The Morgan fingerprint density at radius 3 is 2.74 bits per heavy atom. The van der Waals surface area contributed by atoms with Crippen molar-refractivity contribution in [2.24, 2.45) is 5.73 Å². The minimum atomic E-state index is -0.968. The summed E-state index contributed by atoms with van der Waals surface area (Å²) in [5.74, 6) is 2.70. The third kappa shape index (κ3) is 4.98. The van der Waals surface area contributed by atoms with Crippen LogP contribution in [0.2, 0.25) is 0 Å². The second kappa shape index (κ2) is 9.61. The van der Waals surface area contributed by atoms with Crippen LogP contribution < -0.4 is 16.4 Å². The summed E-state index contributed by atoms with van der Waals surface area (Å²) in [6, 6.07) is 10.1. The highest BCUT2D eigenvalue weighted by molar-refractivity contribution is 7.10. The molecule has 1 saturated carbocycles. The molecule has 3 amide bonds. The van der Waals surface area contributed by atoms with Gasteiger partial charge in [0.2, 0.25) is 0 Å². The van der Waals surface area contributed by atoms with Crippen LogP contribution in [0.25, 0.3) is 16.0 Å². The number of carbonyl (C=O) groups is 2. The molecule has 4 N–H and O–H groups in total. The van der Waals surface area contributed by atoms with Crippen LogP contribution in [0.5, 0.6) is 0 Å². The van der Waals surface area contributed by atoms with Crippen LogP contribution in [-0.2, 0) is 10.3 Å². The highest BCUT2D eigenvalue weighted by atomic mass is 32.1. The van der Waals surface area contributed by atoms with Crippen LogP contribution >= 0.6 is 11.3 Å². The lowest BCUT2D eigenvalue weighted by molar-refractivity contribution is 0.143. The van der Waals surface area contributed by atoms with E-state index in [1.165, 1.54) is 11.3 Å². The van der Waals surface area contributed by atoms with E-state index in [1.807, 2.05) is 30.3 Å². The summed E-state index contributed by atoms with van der Waals surface area (Å²) < 4.78 is 4.92. The Hall–Kier alpha value is -4.41. The average Bonchev–Trinajstić information content (AvgIpc) is 3.53. The minimum absolute atomic E-state index is 0.209. The molecule has 0 aliphatic heterocycles. The largest absolute Gasteiger partial charge is 0.447 e. The maximum atomic E-state index is 12.5. The van der Waals surface area contributed by atoms with Crippen LogP contribution in [0.4, 0.5) is 15.4 Å². The smallest absolute Gasteiger partial charge is 0.404 e. The molecule has 2 heterocycles. The van der Waals surface area contributed by atoms with Crippen molar-refractivity contribution in [1.29, 1.82) is 0 Å². The Morgan fingerprint density at radius 2 is 2.12 bits per heavy atom. The molecule has 0 spiro atoms. The number of nitrogens with one attached hydrogen (secondary N) is 2. The van der Waals surface area contributed by atoms with Crippen molar-refractivity contribution in [1.82, 2.24) is 15.3 Å². The van der Waals surface area contributed by atoms with Gasteiger partial charge in [-0.3, -0.25) is 10.3 Å². The molecular formula is C24H20N6O3S. The molecule has 1 aromatic carbocycles. The third-order valence-corrected chi connectivity index (χ3v) is 6.16. The van der Waals surface area contributed by atoms with E-state index in [2.05, 4.69) is 31.4 Å². The van der Waals surface area contributed by atoms with Gasteiger partial charge in [0.25, 0.3) is 5.54 Å². The SMILES string of the molecule is [C-]#[N+]C1(c2ccccc2-c2ccc([C@@H](COC(N)=O)NC(=O)Nc3csc(C#C)n3)nc2)CC1. The lowest BCUT2D eigenvalue weighted by atomic mass is 9.94. The van der Waals surface area contributed by atoms with Crippen molar-refractivity contribution in [3.8, 4) is 23.5 Å². The van der Waals surface area contributed by atoms with Gasteiger partial charge < -0.3 is 20.6 Å². The van der Waals surface area contributed by atoms with Gasteiger partial charge in [-0.25, -0.2) is 21.1 Å². The molecular weight excluding hydrogens is 452 g/mol. The van der Waals surface area contributed by atoms with E-state index in [-0.39, 0.29) is 6.61 Å². The first-order valence-electron chi connectivity index (χ1n) is 10.3. The number of nitrogens with zero attached hydrogens (tertiary/aromatic N) is 3. The Labute approximate surface area is 200 Å². The third-order valence-electron chi connectivity index (χ3n) is 5.39. The molecule has 2 aromatic heterocycles. The van der Waals surface area contributed by atoms with E-state index in [4.69, 9.17) is 23.5 Å². The zero-order valence-corrected chi connectivity index (χ0v) is 18.8. The molecule has 0 bridgehead atoms. The molecule has 3 aromatic rings. The summed E-state index contributed by atoms with van der Waals surface area (Å²) in [4.78, 5) is 36.1. The molecule has 1 aliphatic carbocycles. The Kier molecular flexibility index (Phi) is 6.44. The number of primary amides is 1. The van der Waals surface area contributed by atoms with Gasteiger partial charge in [0.15, 0.2) is 5.01 Å². The predicted octanol–water partition coefficient (Wildman–Crippen LogP) is 4.05. The van der Waals surface area contributed by atoms with Crippen LogP contribution in [-0.4, -0.2) is 28.7 Å². The topological polar surface area (TPSA) is 124 Å². The number of rotatable bonds is 7. The number of thiazole rings is 1. The number of pyridine rings is 1. The van der Waals surface area contributed by atoms with E-state index in [0.717, 1.165) is 29.5 Å². The molecule has 0 unspecified atom stereocenters. The molecule has 9 nitrogen and oxygen atoms in total. The number of ether oxygens (including phenoxy) is 1.